The van der Waals surface area contributed by atoms with Crippen LogP contribution in [0, 0.1) is 0 Å². The quantitative estimate of drug-likeness (QED) is 0.755. The SMILES string of the molecule is CC(C)NC(=O)NCCN(Cc1ccc2c(c1)OCO2)S(C)(=O)=O. The molecule has 0 spiro atoms. The molecule has 0 fully saturated rings. The third kappa shape index (κ3) is 5.27. The second-order valence-corrected chi connectivity index (χ2v) is 7.82. The topological polar surface area (TPSA) is 97.0 Å². The number of fused-ring (bicyclic) bond motifs is 1. The Hall–Kier alpha value is -2.00. The van der Waals surface area contributed by atoms with Gasteiger partial charge in [-0.15, -0.1) is 0 Å². The van der Waals surface area contributed by atoms with E-state index in [1.54, 1.807) is 18.2 Å². The lowest BCUT2D eigenvalue weighted by Crippen LogP contribution is -2.43. The molecule has 0 saturated heterocycles. The van der Waals surface area contributed by atoms with E-state index in [1.165, 1.54) is 4.31 Å². The van der Waals surface area contributed by atoms with Gasteiger partial charge in [0.15, 0.2) is 11.5 Å². The van der Waals surface area contributed by atoms with Crippen LogP contribution in [-0.4, -0.2) is 50.9 Å². The van der Waals surface area contributed by atoms with Crippen LogP contribution in [0.15, 0.2) is 18.2 Å². The monoisotopic (exact) mass is 357 g/mol. The average Bonchev–Trinajstić information content (AvgIpc) is 2.91. The number of nitrogens with one attached hydrogen (secondary N) is 2. The third-order valence-electron chi connectivity index (χ3n) is 3.33. The molecule has 0 atom stereocenters. The Bertz CT molecular complexity index is 690. The Morgan fingerprint density at radius 3 is 2.67 bits per heavy atom. The lowest BCUT2D eigenvalue weighted by atomic mass is 10.2. The standard InChI is InChI=1S/C15H23N3O5S/c1-11(2)17-15(19)16-6-7-18(24(3,20)21)9-12-4-5-13-14(8-12)23-10-22-13/h4-5,8,11H,6-7,9-10H2,1-3H3,(H2,16,17,19). The summed E-state index contributed by atoms with van der Waals surface area (Å²) in [6.07, 6.45) is 1.15. The van der Waals surface area contributed by atoms with Gasteiger partial charge in [-0.1, -0.05) is 6.07 Å². The predicted octanol–water partition coefficient (Wildman–Crippen LogP) is 0.884. The number of benzene rings is 1. The normalized spacial score (nSPS) is 13.4. The smallest absolute Gasteiger partial charge is 0.315 e. The van der Waals surface area contributed by atoms with Gasteiger partial charge in [0.25, 0.3) is 0 Å². The number of sulfonamides is 1. The van der Waals surface area contributed by atoms with Crippen molar-refractivity contribution >= 4 is 16.1 Å². The summed E-state index contributed by atoms with van der Waals surface area (Å²) in [5, 5.41) is 5.33. The molecular formula is C15H23N3O5S. The molecule has 0 unspecified atom stereocenters. The van der Waals surface area contributed by atoms with E-state index in [0.29, 0.717) is 11.5 Å². The maximum absolute atomic E-state index is 12.0. The molecule has 0 saturated carbocycles. The molecule has 134 valence electrons. The van der Waals surface area contributed by atoms with E-state index in [4.69, 9.17) is 9.47 Å². The minimum absolute atomic E-state index is 0.0182. The first-order valence-corrected chi connectivity index (χ1v) is 9.48. The molecule has 24 heavy (non-hydrogen) atoms. The van der Waals surface area contributed by atoms with Gasteiger partial charge < -0.3 is 20.1 Å². The van der Waals surface area contributed by atoms with E-state index in [-0.39, 0.29) is 38.5 Å². The van der Waals surface area contributed by atoms with Gasteiger partial charge in [-0.25, -0.2) is 13.2 Å². The molecular weight excluding hydrogens is 334 g/mol. The van der Waals surface area contributed by atoms with Gasteiger partial charge >= 0.3 is 6.03 Å². The van der Waals surface area contributed by atoms with Gasteiger partial charge in [0.1, 0.15) is 0 Å². The number of urea groups is 1. The van der Waals surface area contributed by atoms with Crippen molar-refractivity contribution in [2.75, 3.05) is 26.1 Å². The first kappa shape index (κ1) is 18.3. The van der Waals surface area contributed by atoms with Crippen molar-refractivity contribution < 1.29 is 22.7 Å². The van der Waals surface area contributed by atoms with Crippen molar-refractivity contribution in [2.45, 2.75) is 26.4 Å². The van der Waals surface area contributed by atoms with Crippen LogP contribution in [0.3, 0.4) is 0 Å². The van der Waals surface area contributed by atoms with Crippen molar-refractivity contribution in [1.82, 2.24) is 14.9 Å². The highest BCUT2D eigenvalue weighted by Crippen LogP contribution is 2.32. The number of hydrogen-bond acceptors (Lipinski definition) is 5. The molecule has 1 heterocycles. The fourth-order valence-corrected chi connectivity index (χ4v) is 3.02. The summed E-state index contributed by atoms with van der Waals surface area (Å²) in [6, 6.07) is 5.02. The molecule has 1 aliphatic rings. The lowest BCUT2D eigenvalue weighted by molar-refractivity contribution is 0.174. The molecule has 2 amide bonds. The second kappa shape index (κ2) is 7.71. The van der Waals surface area contributed by atoms with Gasteiger partial charge in [0.05, 0.1) is 6.26 Å². The summed E-state index contributed by atoms with van der Waals surface area (Å²) >= 11 is 0. The largest absolute Gasteiger partial charge is 0.454 e. The van der Waals surface area contributed by atoms with E-state index in [2.05, 4.69) is 10.6 Å². The summed E-state index contributed by atoms with van der Waals surface area (Å²) < 4.78 is 35.8. The molecule has 1 aromatic rings. The van der Waals surface area contributed by atoms with E-state index < -0.39 is 10.0 Å². The summed E-state index contributed by atoms with van der Waals surface area (Å²) in [6.45, 7) is 4.46. The van der Waals surface area contributed by atoms with Crippen LogP contribution in [0.4, 0.5) is 4.79 Å². The molecule has 2 N–H and O–H groups in total. The molecule has 1 aliphatic heterocycles. The van der Waals surface area contributed by atoms with Crippen molar-refractivity contribution in [3.63, 3.8) is 0 Å². The van der Waals surface area contributed by atoms with Gasteiger partial charge in [0.2, 0.25) is 16.8 Å². The van der Waals surface area contributed by atoms with Crippen LogP contribution in [0.1, 0.15) is 19.4 Å². The summed E-state index contributed by atoms with van der Waals surface area (Å²) in [5.41, 5.74) is 0.788. The Morgan fingerprint density at radius 1 is 1.29 bits per heavy atom. The summed E-state index contributed by atoms with van der Waals surface area (Å²) in [4.78, 5) is 11.6. The van der Waals surface area contributed by atoms with Crippen LogP contribution in [-0.2, 0) is 16.6 Å². The van der Waals surface area contributed by atoms with Gasteiger partial charge in [-0.3, -0.25) is 0 Å². The number of hydrogen-bond donors (Lipinski definition) is 2. The Morgan fingerprint density at radius 2 is 2.00 bits per heavy atom. The molecule has 0 aromatic heterocycles. The lowest BCUT2D eigenvalue weighted by Gasteiger charge is -2.20. The fraction of sp³-hybridized carbons (Fsp3) is 0.533. The Labute approximate surface area is 142 Å². The third-order valence-corrected chi connectivity index (χ3v) is 4.58. The van der Waals surface area contributed by atoms with Crippen molar-refractivity contribution in [3.8, 4) is 11.5 Å². The zero-order chi connectivity index (χ0) is 17.7. The van der Waals surface area contributed by atoms with Gasteiger partial charge in [0, 0.05) is 25.7 Å². The van der Waals surface area contributed by atoms with Crippen LogP contribution < -0.4 is 20.1 Å². The van der Waals surface area contributed by atoms with Crippen molar-refractivity contribution in [2.24, 2.45) is 0 Å². The minimum atomic E-state index is -3.41. The first-order valence-electron chi connectivity index (χ1n) is 7.63. The van der Waals surface area contributed by atoms with E-state index in [1.807, 2.05) is 13.8 Å². The Kier molecular flexibility index (Phi) is 5.89. The number of carbonyl (C=O) groups is 1. The summed E-state index contributed by atoms with van der Waals surface area (Å²) in [5.74, 6) is 1.26. The highest BCUT2D eigenvalue weighted by Gasteiger charge is 2.19. The first-order chi connectivity index (χ1) is 11.3. The van der Waals surface area contributed by atoms with E-state index >= 15 is 0 Å². The van der Waals surface area contributed by atoms with Crippen molar-refractivity contribution in [1.29, 1.82) is 0 Å². The molecule has 0 radical (unpaired) electrons. The molecule has 0 bridgehead atoms. The van der Waals surface area contributed by atoms with E-state index in [9.17, 15) is 13.2 Å². The van der Waals surface area contributed by atoms with Gasteiger partial charge in [-0.2, -0.15) is 4.31 Å². The number of rotatable bonds is 7. The minimum Gasteiger partial charge on any atom is -0.454 e. The average molecular weight is 357 g/mol. The Balaban J connectivity index is 1.95. The zero-order valence-corrected chi connectivity index (χ0v) is 14.9. The number of amides is 2. The fourth-order valence-electron chi connectivity index (χ4n) is 2.21. The van der Waals surface area contributed by atoms with Crippen LogP contribution in [0.25, 0.3) is 0 Å². The van der Waals surface area contributed by atoms with E-state index in [0.717, 1.165) is 11.8 Å². The number of carbonyl (C=O) groups excluding carboxylic acids is 1. The summed E-state index contributed by atoms with van der Waals surface area (Å²) in [7, 11) is -3.41. The predicted molar refractivity (Wildman–Crippen MR) is 89.5 cm³/mol. The number of nitrogens with zero attached hydrogens (tertiary/aromatic N) is 1. The molecule has 2 rings (SSSR count). The maximum atomic E-state index is 12.0. The van der Waals surface area contributed by atoms with Crippen LogP contribution in [0.5, 0.6) is 11.5 Å². The zero-order valence-electron chi connectivity index (χ0n) is 14.0. The van der Waals surface area contributed by atoms with Crippen molar-refractivity contribution in [3.05, 3.63) is 23.8 Å². The number of ether oxygens (including phenoxy) is 2. The molecule has 0 aliphatic carbocycles. The molecule has 8 nitrogen and oxygen atoms in total. The molecule has 9 heteroatoms. The highest BCUT2D eigenvalue weighted by molar-refractivity contribution is 7.88. The van der Waals surface area contributed by atoms with Crippen LogP contribution >= 0.6 is 0 Å². The highest BCUT2D eigenvalue weighted by atomic mass is 32.2. The molecule has 1 aromatic carbocycles. The van der Waals surface area contributed by atoms with Gasteiger partial charge in [-0.05, 0) is 31.5 Å². The second-order valence-electron chi connectivity index (χ2n) is 5.84. The van der Waals surface area contributed by atoms with Crippen LogP contribution in [0.2, 0.25) is 0 Å². The maximum Gasteiger partial charge on any atom is 0.315 e.